The van der Waals surface area contributed by atoms with Crippen molar-refractivity contribution in [3.8, 4) is 11.5 Å². The third-order valence-corrected chi connectivity index (χ3v) is 3.09. The molecule has 0 fully saturated rings. The van der Waals surface area contributed by atoms with Gasteiger partial charge in [0, 0.05) is 12.1 Å². The van der Waals surface area contributed by atoms with Crippen molar-refractivity contribution in [3.05, 3.63) is 64.2 Å². The molecule has 2 rings (SSSR count). The number of benzene rings is 2. The fourth-order valence-corrected chi connectivity index (χ4v) is 1.92. The molecule has 0 saturated carbocycles. The molecule has 5 heteroatoms. The first-order valence-electron chi connectivity index (χ1n) is 6.69. The van der Waals surface area contributed by atoms with Crippen LogP contribution in [0.3, 0.4) is 0 Å². The average molecular weight is 287 g/mol. The third kappa shape index (κ3) is 4.49. The van der Waals surface area contributed by atoms with Crippen LogP contribution in [-0.2, 0) is 6.42 Å². The number of rotatable bonds is 7. The molecule has 21 heavy (non-hydrogen) atoms. The molecule has 2 aromatic carbocycles. The smallest absolute Gasteiger partial charge is 0.269 e. The van der Waals surface area contributed by atoms with E-state index in [2.05, 4.69) is 0 Å². The normalized spacial score (nSPS) is 10.1. The van der Waals surface area contributed by atoms with Crippen LogP contribution >= 0.6 is 0 Å². The summed E-state index contributed by atoms with van der Waals surface area (Å²) >= 11 is 0. The molecule has 0 heterocycles. The first-order valence-corrected chi connectivity index (χ1v) is 6.69. The molecule has 0 aliphatic heterocycles. The lowest BCUT2D eigenvalue weighted by Gasteiger charge is -2.06. The summed E-state index contributed by atoms with van der Waals surface area (Å²) in [5, 5.41) is 10.5. The zero-order chi connectivity index (χ0) is 15.1. The first-order chi connectivity index (χ1) is 10.2. The highest BCUT2D eigenvalue weighted by atomic mass is 16.6. The van der Waals surface area contributed by atoms with Crippen LogP contribution in [0.15, 0.2) is 48.5 Å². The van der Waals surface area contributed by atoms with E-state index in [9.17, 15) is 10.1 Å². The Labute approximate surface area is 123 Å². The predicted molar refractivity (Wildman–Crippen MR) is 79.9 cm³/mol. The minimum Gasteiger partial charge on any atom is -0.497 e. The molecule has 0 N–H and O–H groups in total. The number of hydrogen-bond donors (Lipinski definition) is 0. The Balaban J connectivity index is 1.74. The number of aryl methyl sites for hydroxylation is 1. The second-order valence-electron chi connectivity index (χ2n) is 4.55. The van der Waals surface area contributed by atoms with Gasteiger partial charge in [0.05, 0.1) is 18.6 Å². The number of methoxy groups -OCH3 is 1. The highest BCUT2D eigenvalue weighted by molar-refractivity contribution is 5.36. The van der Waals surface area contributed by atoms with Gasteiger partial charge in [-0.1, -0.05) is 12.1 Å². The Bertz CT molecular complexity index is 578. The maximum absolute atomic E-state index is 10.5. The fraction of sp³-hybridized carbons (Fsp3) is 0.250. The number of hydrogen-bond acceptors (Lipinski definition) is 4. The van der Waals surface area contributed by atoms with E-state index in [1.807, 2.05) is 24.3 Å². The van der Waals surface area contributed by atoms with Crippen molar-refractivity contribution < 1.29 is 14.4 Å². The highest BCUT2D eigenvalue weighted by Gasteiger charge is 2.04. The third-order valence-electron chi connectivity index (χ3n) is 3.09. The van der Waals surface area contributed by atoms with Crippen LogP contribution in [0.5, 0.6) is 11.5 Å². The Kier molecular flexibility index (Phi) is 5.15. The van der Waals surface area contributed by atoms with Crippen LogP contribution in [0.2, 0.25) is 0 Å². The molecule has 0 saturated heterocycles. The lowest BCUT2D eigenvalue weighted by molar-refractivity contribution is -0.384. The fourth-order valence-electron chi connectivity index (χ4n) is 1.92. The van der Waals surface area contributed by atoms with Crippen molar-refractivity contribution >= 4 is 5.69 Å². The van der Waals surface area contributed by atoms with E-state index >= 15 is 0 Å². The summed E-state index contributed by atoms with van der Waals surface area (Å²) in [5.74, 6) is 1.50. The second kappa shape index (κ2) is 7.28. The molecule has 0 bridgehead atoms. The van der Waals surface area contributed by atoms with E-state index in [4.69, 9.17) is 9.47 Å². The standard InChI is InChI=1S/C16H17NO4/c1-20-15-8-4-13(5-9-15)3-2-12-21-16-10-6-14(7-11-16)17(18)19/h4-11H,2-3,12H2,1H3. The van der Waals surface area contributed by atoms with E-state index in [1.54, 1.807) is 19.2 Å². The number of nitrogens with zero attached hydrogens (tertiary/aromatic N) is 1. The van der Waals surface area contributed by atoms with E-state index in [-0.39, 0.29) is 5.69 Å². The number of ether oxygens (including phenoxy) is 2. The van der Waals surface area contributed by atoms with Gasteiger partial charge in [-0.2, -0.15) is 0 Å². The summed E-state index contributed by atoms with van der Waals surface area (Å²) in [6.45, 7) is 0.573. The highest BCUT2D eigenvalue weighted by Crippen LogP contribution is 2.18. The van der Waals surface area contributed by atoms with E-state index in [1.165, 1.54) is 17.7 Å². The Morgan fingerprint density at radius 1 is 1.00 bits per heavy atom. The van der Waals surface area contributed by atoms with Gasteiger partial charge in [0.25, 0.3) is 5.69 Å². The molecular weight excluding hydrogens is 270 g/mol. The Morgan fingerprint density at radius 2 is 1.62 bits per heavy atom. The summed E-state index contributed by atoms with van der Waals surface area (Å²) < 4.78 is 10.7. The average Bonchev–Trinajstić information content (AvgIpc) is 2.52. The van der Waals surface area contributed by atoms with Crippen LogP contribution in [0.25, 0.3) is 0 Å². The Morgan fingerprint density at radius 3 is 2.19 bits per heavy atom. The van der Waals surface area contributed by atoms with E-state index in [0.717, 1.165) is 18.6 Å². The molecule has 0 amide bonds. The lowest BCUT2D eigenvalue weighted by Crippen LogP contribution is -1.99. The predicted octanol–water partition coefficient (Wildman–Crippen LogP) is 3.62. The molecule has 0 aliphatic carbocycles. The van der Waals surface area contributed by atoms with Gasteiger partial charge >= 0.3 is 0 Å². The van der Waals surface area contributed by atoms with Gasteiger partial charge in [-0.15, -0.1) is 0 Å². The summed E-state index contributed by atoms with van der Waals surface area (Å²) in [7, 11) is 1.65. The molecule has 2 aromatic rings. The van der Waals surface area contributed by atoms with Gasteiger partial charge in [0.1, 0.15) is 11.5 Å². The minimum absolute atomic E-state index is 0.0700. The zero-order valence-electron chi connectivity index (χ0n) is 11.8. The quantitative estimate of drug-likeness (QED) is 0.443. The van der Waals surface area contributed by atoms with Crippen molar-refractivity contribution in [1.82, 2.24) is 0 Å². The van der Waals surface area contributed by atoms with Crippen molar-refractivity contribution in [2.24, 2.45) is 0 Å². The molecule has 110 valence electrons. The van der Waals surface area contributed by atoms with Crippen LogP contribution in [0.1, 0.15) is 12.0 Å². The van der Waals surface area contributed by atoms with Crippen LogP contribution < -0.4 is 9.47 Å². The van der Waals surface area contributed by atoms with Gasteiger partial charge < -0.3 is 9.47 Å². The molecule has 0 unspecified atom stereocenters. The maximum atomic E-state index is 10.5. The maximum Gasteiger partial charge on any atom is 0.269 e. The second-order valence-corrected chi connectivity index (χ2v) is 4.55. The van der Waals surface area contributed by atoms with E-state index < -0.39 is 4.92 Å². The van der Waals surface area contributed by atoms with Crippen molar-refractivity contribution in [1.29, 1.82) is 0 Å². The molecule has 5 nitrogen and oxygen atoms in total. The number of nitro groups is 1. The topological polar surface area (TPSA) is 61.6 Å². The van der Waals surface area contributed by atoms with Gasteiger partial charge in [-0.05, 0) is 42.7 Å². The molecule has 0 atom stereocenters. The van der Waals surface area contributed by atoms with Crippen molar-refractivity contribution in [2.45, 2.75) is 12.8 Å². The number of nitro benzene ring substituents is 1. The first kappa shape index (κ1) is 14.8. The minimum atomic E-state index is -0.423. The molecule has 0 aromatic heterocycles. The lowest BCUT2D eigenvalue weighted by atomic mass is 10.1. The van der Waals surface area contributed by atoms with Crippen LogP contribution in [0.4, 0.5) is 5.69 Å². The van der Waals surface area contributed by atoms with Gasteiger partial charge in [0.15, 0.2) is 0 Å². The van der Waals surface area contributed by atoms with Crippen molar-refractivity contribution in [2.75, 3.05) is 13.7 Å². The van der Waals surface area contributed by atoms with Gasteiger partial charge in [0.2, 0.25) is 0 Å². The summed E-state index contributed by atoms with van der Waals surface area (Å²) in [6, 6.07) is 14.1. The van der Waals surface area contributed by atoms with Crippen molar-refractivity contribution in [3.63, 3.8) is 0 Å². The van der Waals surface area contributed by atoms with Gasteiger partial charge in [-0.25, -0.2) is 0 Å². The number of non-ortho nitro benzene ring substituents is 1. The summed E-state index contributed by atoms with van der Waals surface area (Å²) in [4.78, 5) is 10.1. The molecule has 0 aliphatic rings. The largest absolute Gasteiger partial charge is 0.497 e. The monoisotopic (exact) mass is 287 g/mol. The van der Waals surface area contributed by atoms with E-state index in [0.29, 0.717) is 12.4 Å². The molecule has 0 spiro atoms. The SMILES string of the molecule is COc1ccc(CCCOc2ccc([N+](=O)[O-])cc2)cc1. The summed E-state index contributed by atoms with van der Waals surface area (Å²) in [6.07, 6.45) is 1.79. The zero-order valence-corrected chi connectivity index (χ0v) is 11.8. The van der Waals surface area contributed by atoms with Crippen LogP contribution in [0, 0.1) is 10.1 Å². The molecular formula is C16H17NO4. The van der Waals surface area contributed by atoms with Gasteiger partial charge in [-0.3, -0.25) is 10.1 Å². The Hall–Kier alpha value is -2.56. The summed E-state index contributed by atoms with van der Waals surface area (Å²) in [5.41, 5.74) is 1.30. The molecule has 0 radical (unpaired) electrons. The van der Waals surface area contributed by atoms with Crippen LogP contribution in [-0.4, -0.2) is 18.6 Å².